The van der Waals surface area contributed by atoms with Gasteiger partial charge in [-0.1, -0.05) is 42.5 Å². The number of hydrogen-bond donors (Lipinski definition) is 1. The van der Waals surface area contributed by atoms with E-state index in [1.54, 1.807) is 0 Å². The summed E-state index contributed by atoms with van der Waals surface area (Å²) in [5.74, 6) is 0.787. The van der Waals surface area contributed by atoms with Crippen LogP contribution in [-0.2, 0) is 0 Å². The predicted molar refractivity (Wildman–Crippen MR) is 129 cm³/mol. The molecule has 0 saturated carbocycles. The molecule has 1 aliphatic heterocycles. The van der Waals surface area contributed by atoms with Gasteiger partial charge in [0.25, 0.3) is 5.91 Å². The summed E-state index contributed by atoms with van der Waals surface area (Å²) in [4.78, 5) is 20.3. The number of benzene rings is 2. The number of aryl methyl sites for hydroxylation is 1. The average Bonchev–Trinajstić information content (AvgIpc) is 3.51. The van der Waals surface area contributed by atoms with E-state index in [2.05, 4.69) is 25.4 Å². The second-order valence-corrected chi connectivity index (χ2v) is 8.80. The van der Waals surface area contributed by atoms with Crippen LogP contribution in [0.15, 0.2) is 66.7 Å². The van der Waals surface area contributed by atoms with Gasteiger partial charge < -0.3 is 10.2 Å². The van der Waals surface area contributed by atoms with Gasteiger partial charge in [0.15, 0.2) is 5.82 Å². The van der Waals surface area contributed by atoms with Crippen LogP contribution in [0.2, 0.25) is 0 Å². The molecule has 6 nitrogen and oxygen atoms in total. The zero-order chi connectivity index (χ0) is 21.9. The Morgan fingerprint density at radius 3 is 2.34 bits per heavy atom. The highest BCUT2D eigenvalue weighted by Gasteiger charge is 2.17. The predicted octanol–water partition coefficient (Wildman–Crippen LogP) is 5.43. The molecule has 0 bridgehead atoms. The number of hydrogen-bond acceptors (Lipinski definition) is 6. The van der Waals surface area contributed by atoms with E-state index in [1.165, 1.54) is 24.2 Å². The largest absolute Gasteiger partial charge is 0.355 e. The number of thiazole rings is 1. The molecule has 4 aromatic rings. The molecule has 1 N–H and O–H groups in total. The number of amides is 1. The van der Waals surface area contributed by atoms with Crippen LogP contribution in [0.4, 0.5) is 11.5 Å². The minimum absolute atomic E-state index is 0.148. The van der Waals surface area contributed by atoms with E-state index in [0.717, 1.165) is 52.1 Å². The number of carbonyl (C=O) groups is 1. The normalized spacial score (nSPS) is 13.3. The first-order valence-electron chi connectivity index (χ1n) is 10.7. The molecule has 7 heteroatoms. The van der Waals surface area contributed by atoms with Gasteiger partial charge in [0.1, 0.15) is 9.88 Å². The van der Waals surface area contributed by atoms with E-state index in [-0.39, 0.29) is 5.91 Å². The van der Waals surface area contributed by atoms with Crippen LogP contribution in [0, 0.1) is 6.92 Å². The van der Waals surface area contributed by atoms with Crippen molar-refractivity contribution in [3.63, 3.8) is 0 Å². The minimum Gasteiger partial charge on any atom is -0.355 e. The highest BCUT2D eigenvalue weighted by molar-refractivity contribution is 7.17. The van der Waals surface area contributed by atoms with Crippen LogP contribution in [0.3, 0.4) is 0 Å². The summed E-state index contributed by atoms with van der Waals surface area (Å²) in [6, 6.07) is 21.6. The average molecular weight is 442 g/mol. The maximum Gasteiger partial charge on any atom is 0.267 e. The molecule has 0 unspecified atom stereocenters. The molecule has 1 fully saturated rings. The van der Waals surface area contributed by atoms with Gasteiger partial charge in [0.05, 0.1) is 11.4 Å². The minimum atomic E-state index is -0.148. The molecule has 160 valence electrons. The Bertz CT molecular complexity index is 1210. The zero-order valence-electron chi connectivity index (χ0n) is 17.8. The van der Waals surface area contributed by atoms with E-state index in [9.17, 15) is 4.79 Å². The highest BCUT2D eigenvalue weighted by atomic mass is 32.1. The van der Waals surface area contributed by atoms with Crippen molar-refractivity contribution >= 4 is 28.7 Å². The Labute approximate surface area is 191 Å². The lowest BCUT2D eigenvalue weighted by Gasteiger charge is -2.15. The van der Waals surface area contributed by atoms with E-state index < -0.39 is 0 Å². The van der Waals surface area contributed by atoms with Crippen molar-refractivity contribution in [3.05, 3.63) is 77.3 Å². The maximum atomic E-state index is 12.8. The fraction of sp³-hybridized carbons (Fsp3) is 0.200. The van der Waals surface area contributed by atoms with E-state index in [0.29, 0.717) is 4.88 Å². The zero-order valence-corrected chi connectivity index (χ0v) is 18.6. The Kier molecular flexibility index (Phi) is 5.64. The molecule has 1 saturated heterocycles. The summed E-state index contributed by atoms with van der Waals surface area (Å²) in [6.07, 6.45) is 2.43. The summed E-state index contributed by atoms with van der Waals surface area (Å²) in [5, 5.41) is 12.6. The number of nitrogens with one attached hydrogen (secondary N) is 1. The molecule has 2 aromatic heterocycles. The molecule has 3 heterocycles. The van der Waals surface area contributed by atoms with Crippen molar-refractivity contribution in [3.8, 4) is 21.8 Å². The first-order chi connectivity index (χ1) is 15.7. The molecule has 1 amide bonds. The first-order valence-corrected chi connectivity index (χ1v) is 11.5. The summed E-state index contributed by atoms with van der Waals surface area (Å²) >= 11 is 1.41. The SMILES string of the molecule is Cc1nc(-c2ccccc2)sc1C(=O)Nc1ccc(-c2ccc(N3CCCC3)nn2)cc1. The molecule has 1 aliphatic rings. The van der Waals surface area contributed by atoms with Crippen molar-refractivity contribution < 1.29 is 4.79 Å². The Morgan fingerprint density at radius 1 is 0.906 bits per heavy atom. The maximum absolute atomic E-state index is 12.8. The van der Waals surface area contributed by atoms with Crippen LogP contribution in [-0.4, -0.2) is 34.2 Å². The smallest absolute Gasteiger partial charge is 0.267 e. The van der Waals surface area contributed by atoms with E-state index in [4.69, 9.17) is 0 Å². The molecule has 0 radical (unpaired) electrons. The molecule has 0 aliphatic carbocycles. The van der Waals surface area contributed by atoms with Gasteiger partial charge in [-0.3, -0.25) is 4.79 Å². The second kappa shape index (κ2) is 8.88. The molecule has 2 aromatic carbocycles. The molecule has 0 atom stereocenters. The fourth-order valence-corrected chi connectivity index (χ4v) is 4.78. The summed E-state index contributed by atoms with van der Waals surface area (Å²) < 4.78 is 0. The van der Waals surface area contributed by atoms with Gasteiger partial charge in [-0.2, -0.15) is 0 Å². The first kappa shape index (κ1) is 20.3. The number of carbonyl (C=O) groups excluding carboxylic acids is 1. The van der Waals surface area contributed by atoms with Crippen LogP contribution in [0.5, 0.6) is 0 Å². The second-order valence-electron chi connectivity index (χ2n) is 7.80. The third-order valence-corrected chi connectivity index (χ3v) is 6.75. The van der Waals surface area contributed by atoms with Crippen molar-refractivity contribution in [1.82, 2.24) is 15.2 Å². The quantitative estimate of drug-likeness (QED) is 0.447. The monoisotopic (exact) mass is 441 g/mol. The van der Waals surface area contributed by atoms with Crippen molar-refractivity contribution in [2.45, 2.75) is 19.8 Å². The molecular weight excluding hydrogens is 418 g/mol. The summed E-state index contributed by atoms with van der Waals surface area (Å²) in [7, 11) is 0. The van der Waals surface area contributed by atoms with Gasteiger partial charge in [0, 0.05) is 29.9 Å². The van der Waals surface area contributed by atoms with Crippen LogP contribution in [0.25, 0.3) is 21.8 Å². The Hall–Kier alpha value is -3.58. The van der Waals surface area contributed by atoms with Crippen LogP contribution in [0.1, 0.15) is 28.2 Å². The van der Waals surface area contributed by atoms with Gasteiger partial charge in [-0.15, -0.1) is 21.5 Å². The third-order valence-electron chi connectivity index (χ3n) is 5.54. The topological polar surface area (TPSA) is 71.0 Å². The number of anilines is 2. The number of aromatic nitrogens is 3. The van der Waals surface area contributed by atoms with Crippen molar-refractivity contribution in [2.24, 2.45) is 0 Å². The third kappa shape index (κ3) is 4.24. The van der Waals surface area contributed by atoms with Gasteiger partial charge in [0.2, 0.25) is 0 Å². The standard InChI is InChI=1S/C25H23N5OS/c1-17-23(32-25(26-17)19-7-3-2-4-8-19)24(31)27-20-11-9-18(10-12-20)21-13-14-22(29-28-21)30-15-5-6-16-30/h2-4,7-14H,5-6,15-16H2,1H3,(H,27,31). The van der Waals surface area contributed by atoms with Crippen molar-refractivity contribution in [1.29, 1.82) is 0 Å². The Morgan fingerprint density at radius 2 is 1.66 bits per heavy atom. The van der Waals surface area contributed by atoms with Crippen LogP contribution >= 0.6 is 11.3 Å². The molecular formula is C25H23N5OS. The number of nitrogens with zero attached hydrogens (tertiary/aromatic N) is 4. The number of rotatable bonds is 5. The van der Waals surface area contributed by atoms with Crippen molar-refractivity contribution in [2.75, 3.05) is 23.3 Å². The lowest BCUT2D eigenvalue weighted by Crippen LogP contribution is -2.19. The Balaban J connectivity index is 1.28. The van der Waals surface area contributed by atoms with E-state index >= 15 is 0 Å². The van der Waals surface area contributed by atoms with E-state index in [1.807, 2.05) is 73.7 Å². The molecule has 5 rings (SSSR count). The molecule has 0 spiro atoms. The van der Waals surface area contributed by atoms with Gasteiger partial charge in [-0.25, -0.2) is 4.98 Å². The van der Waals surface area contributed by atoms with Gasteiger partial charge in [-0.05, 0) is 44.0 Å². The lowest BCUT2D eigenvalue weighted by atomic mass is 10.1. The fourth-order valence-electron chi connectivity index (χ4n) is 3.82. The highest BCUT2D eigenvalue weighted by Crippen LogP contribution is 2.29. The summed E-state index contributed by atoms with van der Waals surface area (Å²) in [6.45, 7) is 3.97. The lowest BCUT2D eigenvalue weighted by molar-refractivity contribution is 0.103. The van der Waals surface area contributed by atoms with Crippen LogP contribution < -0.4 is 10.2 Å². The van der Waals surface area contributed by atoms with Gasteiger partial charge >= 0.3 is 0 Å². The summed E-state index contributed by atoms with van der Waals surface area (Å²) in [5.41, 5.74) is 4.26. The molecule has 32 heavy (non-hydrogen) atoms.